The molecule has 1 aromatic heterocycles. The molecule has 0 bridgehead atoms. The number of rotatable bonds is 8. The van der Waals surface area contributed by atoms with Crippen molar-refractivity contribution in [1.29, 1.82) is 0 Å². The SMILES string of the molecule is COCCN1CC(c2cc(N(C)C)nc(CN(C)C(=O)c3ccccc3)n2)CC1=O. The molecule has 160 valence electrons. The summed E-state index contributed by atoms with van der Waals surface area (Å²) in [6.45, 7) is 2.00. The average molecular weight is 412 g/mol. The third kappa shape index (κ3) is 5.13. The summed E-state index contributed by atoms with van der Waals surface area (Å²) in [5, 5.41) is 0. The number of nitrogens with zero attached hydrogens (tertiary/aromatic N) is 5. The molecule has 3 rings (SSSR count). The maximum absolute atomic E-state index is 12.7. The van der Waals surface area contributed by atoms with Gasteiger partial charge in [-0.2, -0.15) is 0 Å². The van der Waals surface area contributed by atoms with Crippen molar-refractivity contribution in [2.45, 2.75) is 18.9 Å². The first kappa shape index (κ1) is 21.7. The maximum Gasteiger partial charge on any atom is 0.254 e. The van der Waals surface area contributed by atoms with Crippen molar-refractivity contribution in [2.24, 2.45) is 0 Å². The van der Waals surface area contributed by atoms with E-state index < -0.39 is 0 Å². The van der Waals surface area contributed by atoms with E-state index in [1.54, 1.807) is 31.2 Å². The minimum atomic E-state index is -0.0854. The number of amides is 2. The molecule has 1 aliphatic rings. The summed E-state index contributed by atoms with van der Waals surface area (Å²) in [6.07, 6.45) is 0.422. The predicted molar refractivity (Wildman–Crippen MR) is 114 cm³/mol. The normalized spacial score (nSPS) is 16.1. The van der Waals surface area contributed by atoms with Gasteiger partial charge >= 0.3 is 0 Å². The highest BCUT2D eigenvalue weighted by Gasteiger charge is 2.32. The van der Waals surface area contributed by atoms with Crippen molar-refractivity contribution in [3.63, 3.8) is 0 Å². The molecular weight excluding hydrogens is 382 g/mol. The molecule has 1 aromatic carbocycles. The molecule has 2 aromatic rings. The van der Waals surface area contributed by atoms with Crippen LogP contribution in [0.25, 0.3) is 0 Å². The lowest BCUT2D eigenvalue weighted by molar-refractivity contribution is -0.128. The number of aromatic nitrogens is 2. The zero-order valence-corrected chi connectivity index (χ0v) is 18.0. The van der Waals surface area contributed by atoms with Gasteiger partial charge in [0.2, 0.25) is 5.91 Å². The zero-order valence-electron chi connectivity index (χ0n) is 18.0. The number of carbonyl (C=O) groups excluding carboxylic acids is 2. The van der Waals surface area contributed by atoms with E-state index in [4.69, 9.17) is 9.72 Å². The highest BCUT2D eigenvalue weighted by Crippen LogP contribution is 2.28. The Hall–Kier alpha value is -3.00. The summed E-state index contributed by atoms with van der Waals surface area (Å²) in [5.41, 5.74) is 1.46. The van der Waals surface area contributed by atoms with Crippen LogP contribution in [0.15, 0.2) is 36.4 Å². The molecule has 2 amide bonds. The first-order valence-electron chi connectivity index (χ1n) is 10.0. The molecule has 30 heavy (non-hydrogen) atoms. The topological polar surface area (TPSA) is 78.9 Å². The number of hydrogen-bond donors (Lipinski definition) is 0. The van der Waals surface area contributed by atoms with E-state index in [9.17, 15) is 9.59 Å². The van der Waals surface area contributed by atoms with Crippen molar-refractivity contribution in [3.05, 3.63) is 53.5 Å². The molecule has 1 saturated heterocycles. The van der Waals surface area contributed by atoms with Crippen molar-refractivity contribution in [3.8, 4) is 0 Å². The Morgan fingerprint density at radius 1 is 1.20 bits per heavy atom. The minimum Gasteiger partial charge on any atom is -0.383 e. The molecule has 1 unspecified atom stereocenters. The van der Waals surface area contributed by atoms with E-state index in [2.05, 4.69) is 4.98 Å². The predicted octanol–water partition coefficient (Wildman–Crippen LogP) is 1.78. The third-order valence-electron chi connectivity index (χ3n) is 5.18. The molecule has 8 heteroatoms. The monoisotopic (exact) mass is 411 g/mol. The second-order valence-electron chi connectivity index (χ2n) is 7.72. The zero-order chi connectivity index (χ0) is 21.7. The Morgan fingerprint density at radius 2 is 1.93 bits per heavy atom. The van der Waals surface area contributed by atoms with Gasteiger partial charge in [-0.3, -0.25) is 9.59 Å². The van der Waals surface area contributed by atoms with Gasteiger partial charge in [0.1, 0.15) is 11.6 Å². The average Bonchev–Trinajstić information content (AvgIpc) is 3.12. The lowest BCUT2D eigenvalue weighted by Gasteiger charge is -2.20. The Balaban J connectivity index is 1.80. The Bertz CT molecular complexity index is 888. The summed E-state index contributed by atoms with van der Waals surface area (Å²) >= 11 is 0. The number of ether oxygens (including phenoxy) is 1. The van der Waals surface area contributed by atoms with Gasteiger partial charge in [-0.05, 0) is 12.1 Å². The van der Waals surface area contributed by atoms with Crippen LogP contribution in [0.5, 0.6) is 0 Å². The fourth-order valence-electron chi connectivity index (χ4n) is 3.48. The molecule has 0 N–H and O–H groups in total. The summed E-state index contributed by atoms with van der Waals surface area (Å²) in [4.78, 5) is 39.7. The molecular formula is C22H29N5O3. The lowest BCUT2D eigenvalue weighted by Crippen LogP contribution is -2.29. The van der Waals surface area contributed by atoms with E-state index in [1.165, 1.54) is 0 Å². The summed E-state index contributed by atoms with van der Waals surface area (Å²) in [5.74, 6) is 1.35. The van der Waals surface area contributed by atoms with Gasteiger partial charge in [-0.25, -0.2) is 9.97 Å². The number of methoxy groups -OCH3 is 1. The quantitative estimate of drug-likeness (QED) is 0.659. The number of hydrogen-bond acceptors (Lipinski definition) is 6. The molecule has 0 spiro atoms. The van der Waals surface area contributed by atoms with Crippen LogP contribution in [0.1, 0.15) is 34.2 Å². The molecule has 0 aliphatic carbocycles. The minimum absolute atomic E-state index is 0.00457. The standard InChI is InChI=1S/C22H29N5O3/c1-25(2)20-13-18(17-12-21(28)27(14-17)10-11-30-4)23-19(24-20)15-26(3)22(29)16-8-6-5-7-9-16/h5-9,13,17H,10-12,14-15H2,1-4H3. The van der Waals surface area contributed by atoms with Crippen molar-refractivity contribution in [1.82, 2.24) is 19.8 Å². The van der Waals surface area contributed by atoms with Gasteiger partial charge in [-0.15, -0.1) is 0 Å². The summed E-state index contributed by atoms with van der Waals surface area (Å²) in [6, 6.07) is 11.1. The molecule has 0 radical (unpaired) electrons. The van der Waals surface area contributed by atoms with E-state index in [1.807, 2.05) is 48.2 Å². The fraction of sp³-hybridized carbons (Fsp3) is 0.455. The molecule has 8 nitrogen and oxygen atoms in total. The van der Waals surface area contributed by atoms with Crippen LogP contribution >= 0.6 is 0 Å². The van der Waals surface area contributed by atoms with E-state index >= 15 is 0 Å². The van der Waals surface area contributed by atoms with Gasteiger partial charge in [0.05, 0.1) is 18.8 Å². The van der Waals surface area contributed by atoms with E-state index in [0.29, 0.717) is 37.5 Å². The highest BCUT2D eigenvalue weighted by atomic mass is 16.5. The van der Waals surface area contributed by atoms with E-state index in [-0.39, 0.29) is 24.3 Å². The number of carbonyl (C=O) groups is 2. The van der Waals surface area contributed by atoms with Gasteiger partial charge in [0.15, 0.2) is 0 Å². The number of anilines is 1. The molecule has 0 saturated carbocycles. The third-order valence-corrected chi connectivity index (χ3v) is 5.18. The largest absolute Gasteiger partial charge is 0.383 e. The highest BCUT2D eigenvalue weighted by molar-refractivity contribution is 5.93. The summed E-state index contributed by atoms with van der Waals surface area (Å²) in [7, 11) is 7.20. The van der Waals surface area contributed by atoms with Gasteiger partial charge in [0, 0.05) is 65.3 Å². The van der Waals surface area contributed by atoms with Crippen LogP contribution in [0, 0.1) is 0 Å². The van der Waals surface area contributed by atoms with Crippen molar-refractivity contribution in [2.75, 3.05) is 52.8 Å². The first-order chi connectivity index (χ1) is 14.4. The smallest absolute Gasteiger partial charge is 0.254 e. The van der Waals surface area contributed by atoms with Crippen molar-refractivity contribution < 1.29 is 14.3 Å². The second-order valence-corrected chi connectivity index (χ2v) is 7.72. The molecule has 1 atom stereocenters. The van der Waals surface area contributed by atoms with Crippen LogP contribution in [0.2, 0.25) is 0 Å². The lowest BCUT2D eigenvalue weighted by atomic mass is 10.0. The van der Waals surface area contributed by atoms with Crippen molar-refractivity contribution >= 4 is 17.6 Å². The second kappa shape index (κ2) is 9.67. The molecule has 2 heterocycles. The van der Waals surface area contributed by atoms with Gasteiger partial charge in [0.25, 0.3) is 5.91 Å². The van der Waals surface area contributed by atoms with E-state index in [0.717, 1.165) is 11.5 Å². The number of benzene rings is 1. The van der Waals surface area contributed by atoms with Crippen LogP contribution in [0.4, 0.5) is 5.82 Å². The fourth-order valence-corrected chi connectivity index (χ4v) is 3.48. The van der Waals surface area contributed by atoms with Crippen LogP contribution in [-0.2, 0) is 16.1 Å². The van der Waals surface area contributed by atoms with Crippen LogP contribution in [-0.4, -0.2) is 79.5 Å². The Morgan fingerprint density at radius 3 is 2.60 bits per heavy atom. The van der Waals surface area contributed by atoms with Crippen LogP contribution in [0.3, 0.4) is 0 Å². The molecule has 1 aliphatic heterocycles. The Labute approximate surface area is 177 Å². The Kier molecular flexibility index (Phi) is 6.99. The van der Waals surface area contributed by atoms with Crippen LogP contribution < -0.4 is 4.90 Å². The summed E-state index contributed by atoms with van der Waals surface area (Å²) < 4.78 is 5.10. The molecule has 1 fully saturated rings. The maximum atomic E-state index is 12.7. The first-order valence-corrected chi connectivity index (χ1v) is 10.0. The van der Waals surface area contributed by atoms with Gasteiger partial charge < -0.3 is 19.4 Å². The van der Waals surface area contributed by atoms with Gasteiger partial charge in [-0.1, -0.05) is 18.2 Å². The number of likely N-dealkylation sites (tertiary alicyclic amines) is 1.